The Balaban J connectivity index is 0.00000363. The van der Waals surface area contributed by atoms with Gasteiger partial charge in [-0.05, 0) is 61.7 Å². The summed E-state index contributed by atoms with van der Waals surface area (Å²) in [5, 5.41) is 12.0. The Kier molecular flexibility index (Phi) is 8.96. The van der Waals surface area contributed by atoms with E-state index in [0.717, 1.165) is 36.1 Å². The average molecular weight is 442 g/mol. The van der Waals surface area contributed by atoms with E-state index in [1.807, 2.05) is 11.8 Å². The first kappa shape index (κ1) is 26.0. The van der Waals surface area contributed by atoms with Crippen LogP contribution in [0.25, 0.3) is 0 Å². The van der Waals surface area contributed by atoms with Gasteiger partial charge in [0.25, 0.3) is 0 Å². The normalized spacial score (nSPS) is 17.8. The molecule has 1 aliphatic rings. The minimum atomic E-state index is -4.37. The van der Waals surface area contributed by atoms with Crippen molar-refractivity contribution >= 4 is 30.7 Å². The van der Waals surface area contributed by atoms with Gasteiger partial charge in [0, 0.05) is 6.54 Å². The number of hydrogen-bond donors (Lipinski definition) is 2. The van der Waals surface area contributed by atoms with Crippen LogP contribution in [0.4, 0.5) is 13.2 Å². The first-order valence-electron chi connectivity index (χ1n) is 10.2. The molecular formula is C23H26F3LiN2O3. The molecule has 0 saturated carbocycles. The van der Waals surface area contributed by atoms with Crippen LogP contribution in [0, 0.1) is 0 Å². The standard InChI is InChI=1S/C23H25F3N2O3.Li.H/c1-15(17-7-9-18(10-8-17)22(30)31)27-21(29)20-4-2-3-13-28(20)14-16-5-11-19(12-6-16)23(24,25)26;;/h5-12,15,20H,2-4,13-14H2,1H3,(H,27,29)(H,30,31);;/t15-,20?;;/m0../s1. The SMILES string of the molecule is C[C@H](NC(=O)C1CCCCN1Cc1ccc(C(F)(F)F)cc1)c1ccc(C(=O)O)cc1.[LiH]. The van der Waals surface area contributed by atoms with Crippen molar-refractivity contribution in [1.29, 1.82) is 0 Å². The van der Waals surface area contributed by atoms with Gasteiger partial charge in [-0.15, -0.1) is 0 Å². The minimum absolute atomic E-state index is 0. The van der Waals surface area contributed by atoms with E-state index in [9.17, 15) is 22.8 Å². The van der Waals surface area contributed by atoms with Crippen molar-refractivity contribution < 1.29 is 27.9 Å². The molecule has 0 aromatic heterocycles. The van der Waals surface area contributed by atoms with Crippen LogP contribution in [0.15, 0.2) is 48.5 Å². The summed E-state index contributed by atoms with van der Waals surface area (Å²) in [4.78, 5) is 25.9. The zero-order valence-electron chi connectivity index (χ0n) is 17.2. The van der Waals surface area contributed by atoms with Crippen molar-refractivity contribution in [2.45, 2.75) is 51.0 Å². The van der Waals surface area contributed by atoms with Gasteiger partial charge in [-0.2, -0.15) is 13.2 Å². The third-order valence-electron chi connectivity index (χ3n) is 5.60. The van der Waals surface area contributed by atoms with Crippen LogP contribution in [0.3, 0.4) is 0 Å². The molecule has 1 unspecified atom stereocenters. The van der Waals surface area contributed by atoms with Crippen molar-refractivity contribution in [3.05, 3.63) is 70.8 Å². The van der Waals surface area contributed by atoms with Gasteiger partial charge in [0.2, 0.25) is 5.91 Å². The molecule has 5 nitrogen and oxygen atoms in total. The van der Waals surface area contributed by atoms with Crippen molar-refractivity contribution in [1.82, 2.24) is 10.2 Å². The fraction of sp³-hybridized carbons (Fsp3) is 0.391. The number of carboxylic acids is 1. The number of piperidine rings is 1. The molecule has 0 aliphatic carbocycles. The van der Waals surface area contributed by atoms with Gasteiger partial charge in [0.05, 0.1) is 23.2 Å². The van der Waals surface area contributed by atoms with Crippen molar-refractivity contribution in [3.63, 3.8) is 0 Å². The molecule has 1 amide bonds. The number of carbonyl (C=O) groups excluding carboxylic acids is 1. The molecule has 3 rings (SSSR count). The van der Waals surface area contributed by atoms with Gasteiger partial charge in [-0.1, -0.05) is 30.7 Å². The summed E-state index contributed by atoms with van der Waals surface area (Å²) < 4.78 is 38.3. The van der Waals surface area contributed by atoms with E-state index in [1.54, 1.807) is 12.1 Å². The Bertz CT molecular complexity index is 918. The van der Waals surface area contributed by atoms with Gasteiger partial charge in [-0.25, -0.2) is 4.79 Å². The molecule has 0 spiro atoms. The van der Waals surface area contributed by atoms with Gasteiger partial charge < -0.3 is 10.4 Å². The number of benzene rings is 2. The topological polar surface area (TPSA) is 69.6 Å². The molecule has 32 heavy (non-hydrogen) atoms. The maximum absolute atomic E-state index is 12.9. The first-order chi connectivity index (χ1) is 14.6. The molecule has 2 N–H and O–H groups in total. The number of likely N-dealkylation sites (tertiary alicyclic amines) is 1. The molecule has 2 aromatic rings. The number of nitrogens with zero attached hydrogens (tertiary/aromatic N) is 1. The van der Waals surface area contributed by atoms with Crippen LogP contribution in [0.2, 0.25) is 0 Å². The van der Waals surface area contributed by atoms with Crippen LogP contribution >= 0.6 is 0 Å². The van der Waals surface area contributed by atoms with Crippen molar-refractivity contribution in [3.8, 4) is 0 Å². The van der Waals surface area contributed by atoms with Crippen LogP contribution in [0.5, 0.6) is 0 Å². The predicted octanol–water partition coefficient (Wildman–Crippen LogP) is 3.99. The van der Waals surface area contributed by atoms with Crippen molar-refractivity contribution in [2.75, 3.05) is 6.54 Å². The molecule has 2 aromatic carbocycles. The molecule has 9 heteroatoms. The van der Waals surface area contributed by atoms with E-state index in [0.29, 0.717) is 19.5 Å². The number of alkyl halides is 3. The van der Waals surface area contributed by atoms with Crippen LogP contribution in [-0.2, 0) is 17.5 Å². The molecule has 0 radical (unpaired) electrons. The number of carbonyl (C=O) groups is 2. The third kappa shape index (κ3) is 6.61. The first-order valence-corrected chi connectivity index (χ1v) is 10.2. The van der Waals surface area contributed by atoms with Crippen molar-refractivity contribution in [2.24, 2.45) is 0 Å². The number of amides is 1. The number of rotatable bonds is 6. The second-order valence-electron chi connectivity index (χ2n) is 7.83. The second-order valence-corrected chi connectivity index (χ2v) is 7.83. The zero-order valence-corrected chi connectivity index (χ0v) is 17.2. The van der Waals surface area contributed by atoms with Crippen LogP contribution in [-0.4, -0.2) is 53.3 Å². The molecular weight excluding hydrogens is 416 g/mol. The number of hydrogen-bond acceptors (Lipinski definition) is 3. The maximum atomic E-state index is 12.9. The Labute approximate surface area is 197 Å². The monoisotopic (exact) mass is 442 g/mol. The summed E-state index contributed by atoms with van der Waals surface area (Å²) in [6.45, 7) is 2.93. The number of halogens is 3. The summed E-state index contributed by atoms with van der Waals surface area (Å²) in [5.41, 5.74) is 1.01. The van der Waals surface area contributed by atoms with Crippen LogP contribution < -0.4 is 5.32 Å². The summed E-state index contributed by atoms with van der Waals surface area (Å²) >= 11 is 0. The Hall–Kier alpha value is -2.27. The zero-order chi connectivity index (χ0) is 22.6. The van der Waals surface area contributed by atoms with Gasteiger partial charge >= 0.3 is 31.0 Å². The summed E-state index contributed by atoms with van der Waals surface area (Å²) in [6, 6.07) is 10.7. The van der Waals surface area contributed by atoms with Gasteiger partial charge in [0.1, 0.15) is 0 Å². The molecule has 2 atom stereocenters. The van der Waals surface area contributed by atoms with E-state index in [2.05, 4.69) is 5.32 Å². The van der Waals surface area contributed by atoms with Gasteiger partial charge in [0.15, 0.2) is 0 Å². The molecule has 1 aliphatic heterocycles. The summed E-state index contributed by atoms with van der Waals surface area (Å²) in [7, 11) is 0. The summed E-state index contributed by atoms with van der Waals surface area (Å²) in [5.74, 6) is -1.15. The molecule has 168 valence electrons. The summed E-state index contributed by atoms with van der Waals surface area (Å²) in [6.07, 6.45) is -1.86. The Morgan fingerprint density at radius 3 is 2.28 bits per heavy atom. The van der Waals surface area contributed by atoms with E-state index < -0.39 is 17.7 Å². The number of aromatic carboxylic acids is 1. The number of carboxylic acid groups (broad SMARTS) is 1. The molecule has 0 bridgehead atoms. The predicted molar refractivity (Wildman–Crippen MR) is 117 cm³/mol. The second kappa shape index (κ2) is 11.0. The van der Waals surface area contributed by atoms with E-state index in [4.69, 9.17) is 5.11 Å². The van der Waals surface area contributed by atoms with E-state index in [1.165, 1.54) is 24.3 Å². The fourth-order valence-electron chi connectivity index (χ4n) is 3.82. The van der Waals surface area contributed by atoms with E-state index >= 15 is 0 Å². The number of nitrogens with one attached hydrogen (secondary N) is 1. The fourth-order valence-corrected chi connectivity index (χ4v) is 3.82. The molecule has 1 heterocycles. The Morgan fingerprint density at radius 1 is 1.09 bits per heavy atom. The Morgan fingerprint density at radius 2 is 1.72 bits per heavy atom. The van der Waals surface area contributed by atoms with E-state index in [-0.39, 0.29) is 42.4 Å². The molecule has 1 fully saturated rings. The van der Waals surface area contributed by atoms with Crippen LogP contribution in [0.1, 0.15) is 59.3 Å². The van der Waals surface area contributed by atoms with Gasteiger partial charge in [-0.3, -0.25) is 9.69 Å². The quantitative estimate of drug-likeness (QED) is 0.664. The average Bonchev–Trinajstić information content (AvgIpc) is 2.74. The molecule has 1 saturated heterocycles. The third-order valence-corrected chi connectivity index (χ3v) is 5.60.